The van der Waals surface area contributed by atoms with E-state index >= 15 is 8.78 Å². The molecule has 0 aromatic heterocycles. The maximum absolute atomic E-state index is 16.4. The van der Waals surface area contributed by atoms with Gasteiger partial charge in [-0.05, 0) is 72.7 Å². The van der Waals surface area contributed by atoms with Gasteiger partial charge >= 0.3 is 0 Å². The Morgan fingerprint density at radius 3 is 2.39 bits per heavy atom. The fourth-order valence-electron chi connectivity index (χ4n) is 5.94. The average Bonchev–Trinajstić information content (AvgIpc) is 3.66. The average molecular weight is 559 g/mol. The first-order valence-electron chi connectivity index (χ1n) is 13.6. The number of carbonyl (C=O) groups is 2. The topological polar surface area (TPSA) is 73.8 Å². The lowest BCUT2D eigenvalue weighted by atomic mass is 9.78. The summed E-state index contributed by atoms with van der Waals surface area (Å²) in [6.45, 7) is 1.59. The third-order valence-corrected chi connectivity index (χ3v) is 8.45. The number of hydrogen-bond donors (Lipinski definition) is 2. The maximum Gasteiger partial charge on any atom is 0.248 e. The summed E-state index contributed by atoms with van der Waals surface area (Å²) in [5, 5.41) is 11.5. The normalized spacial score (nSPS) is 24.5. The molecule has 2 amide bonds. The molecule has 4 aliphatic rings. The highest BCUT2D eigenvalue weighted by Crippen LogP contribution is 2.47. The molecule has 2 heterocycles. The zero-order valence-corrected chi connectivity index (χ0v) is 22.6. The largest absolute Gasteiger partial charge is 0.359 e. The molecule has 3 atom stereocenters. The van der Waals surface area contributed by atoms with Gasteiger partial charge in [0.25, 0.3) is 0 Å². The number of carbonyl (C=O) groups excluding carboxylic acids is 2. The van der Waals surface area contributed by atoms with E-state index in [4.69, 9.17) is 0 Å². The predicted octanol–water partition coefficient (Wildman–Crippen LogP) is 5.32. The van der Waals surface area contributed by atoms with E-state index in [-0.39, 0.29) is 23.5 Å². The van der Waals surface area contributed by atoms with Crippen molar-refractivity contribution in [2.24, 2.45) is 16.9 Å². The number of halogens is 3. The summed E-state index contributed by atoms with van der Waals surface area (Å²) in [4.78, 5) is 26.4. The van der Waals surface area contributed by atoms with Crippen LogP contribution in [0.4, 0.5) is 13.2 Å². The number of allylic oxidation sites excluding steroid dienone is 5. The summed E-state index contributed by atoms with van der Waals surface area (Å²) in [5.41, 5.74) is 2.05. The molecule has 2 aromatic carbocycles. The van der Waals surface area contributed by atoms with Crippen molar-refractivity contribution in [2.45, 2.75) is 37.8 Å². The van der Waals surface area contributed by atoms with Crippen molar-refractivity contribution < 1.29 is 22.8 Å². The molecule has 0 radical (unpaired) electrons. The van der Waals surface area contributed by atoms with Crippen LogP contribution in [0.15, 0.2) is 106 Å². The van der Waals surface area contributed by atoms with Crippen LogP contribution in [0.2, 0.25) is 0 Å². The van der Waals surface area contributed by atoms with Gasteiger partial charge < -0.3 is 10.6 Å². The van der Waals surface area contributed by atoms with E-state index in [1.807, 2.05) is 30.3 Å². The summed E-state index contributed by atoms with van der Waals surface area (Å²) >= 11 is 0. The zero-order valence-electron chi connectivity index (χ0n) is 22.6. The van der Waals surface area contributed by atoms with Gasteiger partial charge in [-0.1, -0.05) is 42.5 Å². The van der Waals surface area contributed by atoms with Gasteiger partial charge in [0.15, 0.2) is 0 Å². The molecule has 2 aliphatic carbocycles. The van der Waals surface area contributed by atoms with Gasteiger partial charge in [-0.15, -0.1) is 0 Å². The predicted molar refractivity (Wildman–Crippen MR) is 149 cm³/mol. The standard InChI is InChI=1S/C32H29F3N4O2/c1-18-24(16-20(17-25(18)34)30(40)37-32(13-14-32)21-6-4-3-5-7-21)23-12-15-39-29(27(23)35)26(31(41)36-2)28(38-39)19-8-10-22(33)11-9-19/h3-12,15,17,24,26,29H,13-14,16H2,1-2H3,(H,36,41)(H,37,40). The molecule has 6 nitrogen and oxygen atoms in total. The van der Waals surface area contributed by atoms with E-state index in [0.717, 1.165) is 18.4 Å². The Balaban J connectivity index is 1.29. The van der Waals surface area contributed by atoms with Crippen molar-refractivity contribution in [1.82, 2.24) is 15.6 Å². The van der Waals surface area contributed by atoms with Crippen molar-refractivity contribution in [3.63, 3.8) is 0 Å². The lowest BCUT2D eigenvalue weighted by Crippen LogP contribution is -2.43. The lowest BCUT2D eigenvalue weighted by molar-refractivity contribution is -0.123. The van der Waals surface area contributed by atoms with Crippen LogP contribution in [0.5, 0.6) is 0 Å². The lowest BCUT2D eigenvalue weighted by Gasteiger charge is -2.32. The number of amides is 2. The molecule has 3 unspecified atom stereocenters. The monoisotopic (exact) mass is 558 g/mol. The molecular formula is C32H29F3N4O2. The van der Waals surface area contributed by atoms with Gasteiger partial charge in [-0.25, -0.2) is 13.2 Å². The third kappa shape index (κ3) is 4.69. The second-order valence-corrected chi connectivity index (χ2v) is 10.9. The minimum Gasteiger partial charge on any atom is -0.359 e. The minimum atomic E-state index is -1.10. The smallest absolute Gasteiger partial charge is 0.248 e. The second kappa shape index (κ2) is 10.2. The molecule has 0 bridgehead atoms. The number of fused-ring (bicyclic) bond motifs is 1. The molecule has 2 aliphatic heterocycles. The Kier molecular flexibility index (Phi) is 6.68. The van der Waals surface area contributed by atoms with Crippen LogP contribution in [0, 0.1) is 17.7 Å². The fraction of sp³-hybridized carbons (Fsp3) is 0.281. The second-order valence-electron chi connectivity index (χ2n) is 10.9. The van der Waals surface area contributed by atoms with Gasteiger partial charge in [-0.2, -0.15) is 5.10 Å². The molecule has 9 heteroatoms. The quantitative estimate of drug-likeness (QED) is 0.504. The summed E-state index contributed by atoms with van der Waals surface area (Å²) in [7, 11) is 1.45. The number of hydrazone groups is 1. The van der Waals surface area contributed by atoms with Gasteiger partial charge in [0.05, 0.1) is 11.3 Å². The molecule has 41 heavy (non-hydrogen) atoms. The van der Waals surface area contributed by atoms with E-state index in [9.17, 15) is 14.0 Å². The molecule has 6 rings (SSSR count). The van der Waals surface area contributed by atoms with Gasteiger partial charge in [0.1, 0.15) is 29.4 Å². The van der Waals surface area contributed by atoms with Crippen LogP contribution < -0.4 is 10.6 Å². The maximum atomic E-state index is 16.4. The van der Waals surface area contributed by atoms with E-state index in [2.05, 4.69) is 15.7 Å². The molecule has 0 spiro atoms. The summed E-state index contributed by atoms with van der Waals surface area (Å²) in [5.74, 6) is -4.25. The van der Waals surface area contributed by atoms with Gasteiger partial charge in [0, 0.05) is 24.7 Å². The van der Waals surface area contributed by atoms with Crippen molar-refractivity contribution in [2.75, 3.05) is 7.05 Å². The van der Waals surface area contributed by atoms with Crippen molar-refractivity contribution in [3.8, 4) is 0 Å². The summed E-state index contributed by atoms with van der Waals surface area (Å²) in [6, 6.07) is 14.1. The Bertz CT molecular complexity index is 1570. The van der Waals surface area contributed by atoms with Crippen LogP contribution in [0.1, 0.15) is 37.3 Å². The zero-order chi connectivity index (χ0) is 28.9. The minimum absolute atomic E-state index is 0.103. The number of nitrogens with one attached hydrogen (secondary N) is 2. The first-order chi connectivity index (χ1) is 19.7. The van der Waals surface area contributed by atoms with Crippen molar-refractivity contribution in [1.29, 1.82) is 0 Å². The number of hydrogen-bond acceptors (Lipinski definition) is 4. The number of nitrogens with zero attached hydrogens (tertiary/aromatic N) is 2. The van der Waals surface area contributed by atoms with Crippen LogP contribution in [0.3, 0.4) is 0 Å². The highest BCUT2D eigenvalue weighted by atomic mass is 19.1. The van der Waals surface area contributed by atoms with Crippen LogP contribution in [-0.2, 0) is 15.1 Å². The van der Waals surface area contributed by atoms with E-state index in [0.29, 0.717) is 16.8 Å². The molecule has 210 valence electrons. The highest BCUT2D eigenvalue weighted by molar-refractivity contribution is 6.15. The van der Waals surface area contributed by atoms with Crippen LogP contribution in [-0.4, -0.2) is 35.6 Å². The Labute approximate surface area is 236 Å². The van der Waals surface area contributed by atoms with Gasteiger partial charge in [0.2, 0.25) is 11.8 Å². The SMILES string of the molecule is CNC(=O)C1C(c2ccc(F)cc2)=NN2C=CC(C3CC(C(=O)NC4(c5ccccc5)CC4)=CC(F)=C3C)=C(F)C12. The first kappa shape index (κ1) is 26.8. The van der Waals surface area contributed by atoms with Gasteiger partial charge in [-0.3, -0.25) is 14.6 Å². The summed E-state index contributed by atoms with van der Waals surface area (Å²) < 4.78 is 45.3. The number of rotatable bonds is 6. The van der Waals surface area contributed by atoms with E-state index in [1.54, 1.807) is 13.1 Å². The first-order valence-corrected chi connectivity index (χ1v) is 13.6. The number of benzene rings is 2. The Morgan fingerprint density at radius 2 is 1.73 bits per heavy atom. The van der Waals surface area contributed by atoms with E-state index in [1.165, 1.54) is 48.5 Å². The Morgan fingerprint density at radius 1 is 1.02 bits per heavy atom. The van der Waals surface area contributed by atoms with Crippen molar-refractivity contribution >= 4 is 17.5 Å². The fourth-order valence-corrected chi connectivity index (χ4v) is 5.94. The van der Waals surface area contributed by atoms with E-state index < -0.39 is 46.8 Å². The summed E-state index contributed by atoms with van der Waals surface area (Å²) in [6.07, 6.45) is 6.00. The third-order valence-electron chi connectivity index (χ3n) is 8.45. The highest BCUT2D eigenvalue weighted by Gasteiger charge is 2.48. The molecule has 1 saturated carbocycles. The molecular weight excluding hydrogens is 529 g/mol. The van der Waals surface area contributed by atoms with Crippen molar-refractivity contribution in [3.05, 3.63) is 118 Å². The Hall–Kier alpha value is -4.40. The molecule has 2 aromatic rings. The molecule has 0 saturated heterocycles. The molecule has 2 N–H and O–H groups in total. The van der Waals surface area contributed by atoms with Crippen LogP contribution in [0.25, 0.3) is 0 Å². The molecule has 1 fully saturated rings. The van der Waals surface area contributed by atoms with Crippen LogP contribution >= 0.6 is 0 Å².